The third-order valence-corrected chi connectivity index (χ3v) is 7.90. The van der Waals surface area contributed by atoms with Crippen molar-refractivity contribution in [2.45, 2.75) is 87.6 Å². The van der Waals surface area contributed by atoms with E-state index in [2.05, 4.69) is 6.07 Å². The topological polar surface area (TPSA) is 64.3 Å². The van der Waals surface area contributed by atoms with Crippen LogP contribution in [-0.2, 0) is 11.0 Å². The Morgan fingerprint density at radius 2 is 1.58 bits per heavy atom. The Bertz CT molecular complexity index is 1110. The summed E-state index contributed by atoms with van der Waals surface area (Å²) in [6, 6.07) is 13.8. The number of hydrogen-bond donors (Lipinski definition) is 1. The minimum Gasteiger partial charge on any atom is -0.376 e. The lowest BCUT2D eigenvalue weighted by atomic mass is 9.65. The summed E-state index contributed by atoms with van der Waals surface area (Å²) in [6.45, 7) is 0.696. The molecule has 36 heavy (non-hydrogen) atoms. The standard InChI is InChI=1S/C28H30F4N2O2/c1-26(36,28(30,31)32)20-5-3-19(4-6-20)25(35)34(23-11-12-23)24-13-16-27(17-14-24,15-2-18-33)21-7-9-22(29)10-8-21/h3-10,23-24,36H,2,11-17H2,1H3/t24?,26-,27?/m0/s1. The van der Waals surface area contributed by atoms with Gasteiger partial charge in [0, 0.05) is 24.1 Å². The zero-order valence-electron chi connectivity index (χ0n) is 20.2. The van der Waals surface area contributed by atoms with E-state index in [-0.39, 0.29) is 34.8 Å². The number of amides is 1. The van der Waals surface area contributed by atoms with E-state index in [1.165, 1.54) is 24.3 Å². The van der Waals surface area contributed by atoms with E-state index in [0.717, 1.165) is 56.2 Å². The van der Waals surface area contributed by atoms with Crippen molar-refractivity contribution in [3.8, 4) is 6.07 Å². The average Bonchev–Trinajstić information content (AvgIpc) is 3.69. The van der Waals surface area contributed by atoms with Gasteiger partial charge in [0.2, 0.25) is 0 Å². The quantitative estimate of drug-likeness (QED) is 0.447. The molecular weight excluding hydrogens is 472 g/mol. The molecule has 1 N–H and O–H groups in total. The fourth-order valence-electron chi connectivity index (χ4n) is 5.45. The molecule has 4 rings (SSSR count). The second kappa shape index (κ2) is 9.85. The summed E-state index contributed by atoms with van der Waals surface area (Å²) in [6.07, 6.45) is 0.979. The van der Waals surface area contributed by atoms with Crippen molar-refractivity contribution in [1.29, 1.82) is 5.26 Å². The molecule has 0 radical (unpaired) electrons. The van der Waals surface area contributed by atoms with Crippen LogP contribution < -0.4 is 0 Å². The van der Waals surface area contributed by atoms with Crippen LogP contribution in [0.1, 0.15) is 79.8 Å². The van der Waals surface area contributed by atoms with Crippen molar-refractivity contribution in [2.24, 2.45) is 0 Å². The molecule has 2 aromatic carbocycles. The van der Waals surface area contributed by atoms with Gasteiger partial charge in [0.25, 0.3) is 5.91 Å². The molecule has 2 aliphatic rings. The van der Waals surface area contributed by atoms with Gasteiger partial charge in [-0.05, 0) is 92.7 Å². The molecule has 2 saturated carbocycles. The van der Waals surface area contributed by atoms with Gasteiger partial charge < -0.3 is 10.0 Å². The molecular formula is C28H30F4N2O2. The number of carbonyl (C=O) groups excluding carboxylic acids is 1. The van der Waals surface area contributed by atoms with Crippen molar-refractivity contribution in [3.05, 3.63) is 71.0 Å². The Balaban J connectivity index is 1.52. The van der Waals surface area contributed by atoms with Gasteiger partial charge in [0.15, 0.2) is 5.60 Å². The largest absolute Gasteiger partial charge is 0.421 e. The molecule has 1 amide bonds. The summed E-state index contributed by atoms with van der Waals surface area (Å²) in [7, 11) is 0. The van der Waals surface area contributed by atoms with Crippen molar-refractivity contribution in [1.82, 2.24) is 4.90 Å². The van der Waals surface area contributed by atoms with Crippen LogP contribution in [0.15, 0.2) is 48.5 Å². The molecule has 1 atom stereocenters. The summed E-state index contributed by atoms with van der Waals surface area (Å²) in [5.41, 5.74) is -2.26. The van der Waals surface area contributed by atoms with Crippen molar-refractivity contribution >= 4 is 5.91 Å². The molecule has 0 saturated heterocycles. The second-order valence-electron chi connectivity index (χ2n) is 10.3. The highest BCUT2D eigenvalue weighted by Crippen LogP contribution is 2.46. The van der Waals surface area contributed by atoms with Gasteiger partial charge in [-0.2, -0.15) is 18.4 Å². The van der Waals surface area contributed by atoms with E-state index in [1.54, 1.807) is 12.1 Å². The lowest BCUT2D eigenvalue weighted by Gasteiger charge is -2.44. The van der Waals surface area contributed by atoms with Crippen LogP contribution in [0, 0.1) is 17.1 Å². The predicted molar refractivity (Wildman–Crippen MR) is 126 cm³/mol. The first kappa shape index (κ1) is 26.2. The summed E-state index contributed by atoms with van der Waals surface area (Å²) in [5, 5.41) is 19.1. The fraction of sp³-hybridized carbons (Fsp3) is 0.500. The number of benzene rings is 2. The Kier molecular flexibility index (Phi) is 7.16. The lowest BCUT2D eigenvalue weighted by molar-refractivity contribution is -0.258. The maximum absolute atomic E-state index is 13.5. The van der Waals surface area contributed by atoms with Crippen LogP contribution in [-0.4, -0.2) is 34.2 Å². The zero-order valence-corrected chi connectivity index (χ0v) is 20.2. The highest BCUT2D eigenvalue weighted by molar-refractivity contribution is 5.95. The van der Waals surface area contributed by atoms with Gasteiger partial charge in [0.1, 0.15) is 5.82 Å². The number of hydrogen-bond acceptors (Lipinski definition) is 3. The van der Waals surface area contributed by atoms with E-state index in [1.807, 2.05) is 4.90 Å². The Hall–Kier alpha value is -2.92. The first-order valence-corrected chi connectivity index (χ1v) is 12.3. The number of rotatable bonds is 7. The van der Waals surface area contributed by atoms with E-state index in [9.17, 15) is 32.7 Å². The van der Waals surface area contributed by atoms with E-state index in [4.69, 9.17) is 0 Å². The number of alkyl halides is 3. The Labute approximate surface area is 208 Å². The molecule has 2 fully saturated rings. The molecule has 0 bridgehead atoms. The highest BCUT2D eigenvalue weighted by atomic mass is 19.4. The average molecular weight is 503 g/mol. The van der Waals surface area contributed by atoms with Gasteiger partial charge in [-0.25, -0.2) is 4.39 Å². The summed E-state index contributed by atoms with van der Waals surface area (Å²) in [4.78, 5) is 15.4. The SMILES string of the molecule is C[C@](O)(c1ccc(C(=O)N(C2CC2)C2CCC(CCC#N)(c3ccc(F)cc3)CC2)cc1)C(F)(F)F. The minimum atomic E-state index is -4.83. The first-order valence-electron chi connectivity index (χ1n) is 12.3. The molecule has 4 nitrogen and oxygen atoms in total. The van der Waals surface area contributed by atoms with Crippen molar-refractivity contribution < 1.29 is 27.5 Å². The molecule has 0 spiro atoms. The third kappa shape index (κ3) is 5.12. The molecule has 2 aromatic rings. The van der Waals surface area contributed by atoms with Gasteiger partial charge in [0.05, 0.1) is 6.07 Å². The third-order valence-electron chi connectivity index (χ3n) is 7.90. The van der Waals surface area contributed by atoms with Crippen molar-refractivity contribution in [2.75, 3.05) is 0 Å². The summed E-state index contributed by atoms with van der Waals surface area (Å²) < 4.78 is 53.1. The smallest absolute Gasteiger partial charge is 0.376 e. The summed E-state index contributed by atoms with van der Waals surface area (Å²) in [5.74, 6) is -0.525. The minimum absolute atomic E-state index is 0.0152. The van der Waals surface area contributed by atoms with Gasteiger partial charge >= 0.3 is 6.18 Å². The van der Waals surface area contributed by atoms with Gasteiger partial charge in [-0.15, -0.1) is 0 Å². The van der Waals surface area contributed by atoms with Crippen LogP contribution in [0.25, 0.3) is 0 Å². The van der Waals surface area contributed by atoms with Crippen LogP contribution in [0.2, 0.25) is 0 Å². The van der Waals surface area contributed by atoms with E-state index >= 15 is 0 Å². The number of halogens is 4. The number of aliphatic hydroxyl groups is 1. The maximum atomic E-state index is 13.5. The van der Waals surface area contributed by atoms with Crippen molar-refractivity contribution in [3.63, 3.8) is 0 Å². The first-order chi connectivity index (χ1) is 17.0. The monoisotopic (exact) mass is 502 g/mol. The zero-order chi connectivity index (χ0) is 26.1. The van der Waals surface area contributed by atoms with E-state index in [0.29, 0.717) is 25.3 Å². The molecule has 8 heteroatoms. The van der Waals surface area contributed by atoms with Crippen LogP contribution >= 0.6 is 0 Å². The maximum Gasteiger partial charge on any atom is 0.421 e. The molecule has 192 valence electrons. The number of nitrogens with zero attached hydrogens (tertiary/aromatic N) is 2. The van der Waals surface area contributed by atoms with Gasteiger partial charge in [-0.1, -0.05) is 24.3 Å². The fourth-order valence-corrected chi connectivity index (χ4v) is 5.45. The summed E-state index contributed by atoms with van der Waals surface area (Å²) >= 11 is 0. The Morgan fingerprint density at radius 1 is 1.03 bits per heavy atom. The highest BCUT2D eigenvalue weighted by Gasteiger charge is 2.51. The van der Waals surface area contributed by atoms with Gasteiger partial charge in [-0.3, -0.25) is 4.79 Å². The van der Waals surface area contributed by atoms with Crippen LogP contribution in [0.3, 0.4) is 0 Å². The predicted octanol–water partition coefficient (Wildman–Crippen LogP) is 6.38. The van der Waals surface area contributed by atoms with Crippen LogP contribution in [0.4, 0.5) is 17.6 Å². The van der Waals surface area contributed by atoms with Crippen LogP contribution in [0.5, 0.6) is 0 Å². The Morgan fingerprint density at radius 3 is 2.08 bits per heavy atom. The molecule has 0 heterocycles. The number of carbonyl (C=O) groups is 1. The number of nitriles is 1. The molecule has 0 aromatic heterocycles. The lowest BCUT2D eigenvalue weighted by Crippen LogP contribution is -2.46. The molecule has 0 aliphatic heterocycles. The normalized spacial score (nSPS) is 24.0. The second-order valence-corrected chi connectivity index (χ2v) is 10.3. The van der Waals surface area contributed by atoms with E-state index < -0.39 is 11.8 Å². The molecule has 2 aliphatic carbocycles. The molecule has 0 unspecified atom stereocenters.